The molecule has 2 saturated heterocycles. The molecule has 0 aromatic heterocycles. The highest BCUT2D eigenvalue weighted by Crippen LogP contribution is 2.30. The van der Waals surface area contributed by atoms with Gasteiger partial charge in [0.25, 0.3) is 5.91 Å². The molecule has 1 unspecified atom stereocenters. The molecule has 8 nitrogen and oxygen atoms in total. The van der Waals surface area contributed by atoms with Crippen molar-refractivity contribution in [3.05, 3.63) is 22.7 Å². The Morgan fingerprint density at radius 3 is 2.45 bits per heavy atom. The van der Waals surface area contributed by atoms with Crippen LogP contribution in [0.4, 0.5) is 5.69 Å². The largest absolute Gasteiger partial charge is 0.496 e. The summed E-state index contributed by atoms with van der Waals surface area (Å²) in [6.45, 7) is 3.47. The number of methoxy groups -OCH3 is 1. The van der Waals surface area contributed by atoms with Crippen molar-refractivity contribution < 1.29 is 14.3 Å². The number of hydrogen-bond acceptors (Lipinski definition) is 6. The van der Waals surface area contributed by atoms with Gasteiger partial charge < -0.3 is 26.0 Å². The maximum Gasteiger partial charge on any atom is 0.255 e. The molecule has 2 aliphatic heterocycles. The fraction of sp³-hybridized carbons (Fsp3) is 0.636. The molecule has 2 aliphatic rings. The van der Waals surface area contributed by atoms with Gasteiger partial charge in [0.15, 0.2) is 0 Å². The van der Waals surface area contributed by atoms with Gasteiger partial charge in [0.05, 0.1) is 29.4 Å². The minimum Gasteiger partial charge on any atom is -0.496 e. The molecule has 0 saturated carbocycles. The van der Waals surface area contributed by atoms with Gasteiger partial charge in [-0.3, -0.25) is 14.5 Å². The lowest BCUT2D eigenvalue weighted by Gasteiger charge is -2.42. The number of nitrogens with two attached hydrogens (primary N) is 1. The number of nitrogens with zero attached hydrogens (tertiary/aromatic N) is 2. The Bertz CT molecular complexity index is 790. The highest BCUT2D eigenvalue weighted by atomic mass is 35.5. The van der Waals surface area contributed by atoms with Crippen LogP contribution in [0.2, 0.25) is 5.02 Å². The van der Waals surface area contributed by atoms with Crippen molar-refractivity contribution in [2.75, 3.05) is 53.1 Å². The summed E-state index contributed by atoms with van der Waals surface area (Å²) in [5.41, 5.74) is 6.56. The second-order valence-corrected chi connectivity index (χ2v) is 9.03. The molecule has 172 valence electrons. The second-order valence-electron chi connectivity index (χ2n) is 8.62. The number of nitrogen functional groups attached to an aromatic ring is 1. The average molecular weight is 452 g/mol. The van der Waals surface area contributed by atoms with E-state index in [0.717, 1.165) is 51.9 Å². The van der Waals surface area contributed by atoms with Crippen molar-refractivity contribution >= 4 is 29.1 Å². The van der Waals surface area contributed by atoms with Gasteiger partial charge in [-0.25, -0.2) is 0 Å². The first-order valence-corrected chi connectivity index (χ1v) is 11.3. The van der Waals surface area contributed by atoms with Gasteiger partial charge in [-0.05, 0) is 50.8 Å². The number of amides is 2. The third kappa shape index (κ3) is 5.61. The maximum absolute atomic E-state index is 13.0. The number of anilines is 1. The molecule has 0 bridgehead atoms. The molecule has 0 radical (unpaired) electrons. The molecule has 1 atom stereocenters. The van der Waals surface area contributed by atoms with Gasteiger partial charge in [-0.2, -0.15) is 0 Å². The van der Waals surface area contributed by atoms with E-state index >= 15 is 0 Å². The highest BCUT2D eigenvalue weighted by Gasteiger charge is 2.37. The molecule has 4 N–H and O–H groups in total. The van der Waals surface area contributed by atoms with Gasteiger partial charge in [0, 0.05) is 39.3 Å². The predicted molar refractivity (Wildman–Crippen MR) is 123 cm³/mol. The number of nitrogens with one attached hydrogen (secondary N) is 2. The van der Waals surface area contributed by atoms with E-state index in [1.807, 2.05) is 14.1 Å². The Morgan fingerprint density at radius 1 is 1.23 bits per heavy atom. The number of carbonyl (C=O) groups excluding carboxylic acids is 2. The lowest BCUT2D eigenvalue weighted by Crippen LogP contribution is -2.56. The summed E-state index contributed by atoms with van der Waals surface area (Å²) in [4.78, 5) is 29.8. The summed E-state index contributed by atoms with van der Waals surface area (Å²) in [5, 5.41) is 6.81. The number of ether oxygens (including phenoxy) is 1. The lowest BCUT2D eigenvalue weighted by atomic mass is 9.87. The number of hydrogen-bond donors (Lipinski definition) is 3. The molecule has 2 amide bonds. The third-order valence-corrected chi connectivity index (χ3v) is 6.67. The Kier molecular flexibility index (Phi) is 8.02. The first-order valence-electron chi connectivity index (χ1n) is 10.9. The SMILES string of the molecule is COc1cc(N)c(Cl)cc1C(=O)NC1CCN(C(C(=O)N(C)C)C2CCNCC2)CC1. The van der Waals surface area contributed by atoms with E-state index in [4.69, 9.17) is 22.1 Å². The zero-order chi connectivity index (χ0) is 22.5. The van der Waals surface area contributed by atoms with Crippen molar-refractivity contribution in [2.45, 2.75) is 37.8 Å². The van der Waals surface area contributed by atoms with Crippen LogP contribution in [0.15, 0.2) is 12.1 Å². The van der Waals surface area contributed by atoms with Gasteiger partial charge >= 0.3 is 0 Å². The summed E-state index contributed by atoms with van der Waals surface area (Å²) in [7, 11) is 5.16. The van der Waals surface area contributed by atoms with Gasteiger partial charge in [0.2, 0.25) is 5.91 Å². The van der Waals surface area contributed by atoms with E-state index in [0.29, 0.717) is 27.9 Å². The number of likely N-dealkylation sites (N-methyl/N-ethyl adjacent to an activating group) is 1. The highest BCUT2D eigenvalue weighted by molar-refractivity contribution is 6.33. The van der Waals surface area contributed by atoms with Crippen LogP contribution in [0.5, 0.6) is 5.75 Å². The van der Waals surface area contributed by atoms with Crippen molar-refractivity contribution in [3.8, 4) is 5.75 Å². The van der Waals surface area contributed by atoms with Crippen LogP contribution in [-0.4, -0.2) is 81.1 Å². The topological polar surface area (TPSA) is 99.9 Å². The van der Waals surface area contributed by atoms with E-state index < -0.39 is 0 Å². The van der Waals surface area contributed by atoms with Crippen LogP contribution in [-0.2, 0) is 4.79 Å². The van der Waals surface area contributed by atoms with Gasteiger partial charge in [0.1, 0.15) is 5.75 Å². The fourth-order valence-electron chi connectivity index (χ4n) is 4.58. The van der Waals surface area contributed by atoms with Crippen LogP contribution < -0.4 is 21.1 Å². The average Bonchev–Trinajstić information content (AvgIpc) is 2.77. The second kappa shape index (κ2) is 10.5. The molecular formula is C22H34ClN5O3. The minimum atomic E-state index is -0.225. The lowest BCUT2D eigenvalue weighted by molar-refractivity contribution is -0.137. The predicted octanol–water partition coefficient (Wildman–Crippen LogP) is 1.58. The van der Waals surface area contributed by atoms with E-state index in [1.54, 1.807) is 17.0 Å². The first-order chi connectivity index (χ1) is 14.8. The molecule has 9 heteroatoms. The molecule has 2 fully saturated rings. The number of halogens is 1. The fourth-order valence-corrected chi connectivity index (χ4v) is 4.74. The van der Waals surface area contributed by atoms with Crippen molar-refractivity contribution in [3.63, 3.8) is 0 Å². The van der Waals surface area contributed by atoms with Crippen LogP contribution in [0, 0.1) is 5.92 Å². The monoisotopic (exact) mass is 451 g/mol. The smallest absolute Gasteiger partial charge is 0.255 e. The minimum absolute atomic E-state index is 0.0351. The van der Waals surface area contributed by atoms with E-state index in [1.165, 1.54) is 7.11 Å². The third-order valence-electron chi connectivity index (χ3n) is 6.35. The summed E-state index contributed by atoms with van der Waals surface area (Å²) >= 11 is 6.10. The number of benzene rings is 1. The van der Waals surface area contributed by atoms with Crippen LogP contribution in [0.25, 0.3) is 0 Å². The Balaban J connectivity index is 1.63. The molecule has 1 aromatic rings. The van der Waals surface area contributed by atoms with Crippen molar-refractivity contribution in [1.82, 2.24) is 20.4 Å². The summed E-state index contributed by atoms with van der Waals surface area (Å²) in [6, 6.07) is 3.05. The Hall–Kier alpha value is -2.03. The number of rotatable bonds is 6. The van der Waals surface area contributed by atoms with Crippen LogP contribution >= 0.6 is 11.6 Å². The molecule has 31 heavy (non-hydrogen) atoms. The van der Waals surface area contributed by atoms with Gasteiger partial charge in [-0.1, -0.05) is 11.6 Å². The summed E-state index contributed by atoms with van der Waals surface area (Å²) in [6.07, 6.45) is 3.61. The quantitative estimate of drug-likeness (QED) is 0.568. The zero-order valence-corrected chi connectivity index (χ0v) is 19.4. The van der Waals surface area contributed by atoms with Crippen LogP contribution in [0.3, 0.4) is 0 Å². The summed E-state index contributed by atoms with van der Waals surface area (Å²) < 4.78 is 5.30. The molecule has 0 aliphatic carbocycles. The standard InChI is InChI=1S/C22H34ClN5O3/c1-27(2)22(30)20(14-4-8-25-9-5-14)28-10-6-15(7-11-28)26-21(29)16-12-17(23)18(24)13-19(16)31-3/h12-15,20,25H,4-11,24H2,1-3H3,(H,26,29). The van der Waals surface area contributed by atoms with E-state index in [9.17, 15) is 9.59 Å². The molecule has 0 spiro atoms. The maximum atomic E-state index is 13.0. The summed E-state index contributed by atoms with van der Waals surface area (Å²) in [5.74, 6) is 0.718. The van der Waals surface area contributed by atoms with Gasteiger partial charge in [-0.15, -0.1) is 0 Å². The zero-order valence-electron chi connectivity index (χ0n) is 18.6. The van der Waals surface area contributed by atoms with E-state index in [-0.39, 0.29) is 23.9 Å². The molecule has 1 aromatic carbocycles. The van der Waals surface area contributed by atoms with Crippen molar-refractivity contribution in [1.29, 1.82) is 0 Å². The number of likely N-dealkylation sites (tertiary alicyclic amines) is 1. The molecular weight excluding hydrogens is 418 g/mol. The molecule has 2 heterocycles. The molecule has 3 rings (SSSR count). The number of piperidine rings is 2. The van der Waals surface area contributed by atoms with Crippen LogP contribution in [0.1, 0.15) is 36.0 Å². The normalized spacial score (nSPS) is 19.6. The number of carbonyl (C=O) groups is 2. The van der Waals surface area contributed by atoms with Crippen molar-refractivity contribution in [2.24, 2.45) is 5.92 Å². The van der Waals surface area contributed by atoms with E-state index in [2.05, 4.69) is 15.5 Å². The first kappa shape index (κ1) is 23.6. The Morgan fingerprint density at radius 2 is 1.87 bits per heavy atom. The Labute approximate surface area is 189 Å².